The molecule has 1 N–H and O–H groups in total. The van der Waals surface area contributed by atoms with Crippen LogP contribution in [-0.2, 0) is 6.42 Å². The van der Waals surface area contributed by atoms with E-state index in [4.69, 9.17) is 23.2 Å². The van der Waals surface area contributed by atoms with Crippen molar-refractivity contribution in [2.24, 2.45) is 0 Å². The average Bonchev–Trinajstić information content (AvgIpc) is 2.40. The Hall–Kier alpha value is -1.32. The van der Waals surface area contributed by atoms with Crippen LogP contribution in [0.3, 0.4) is 0 Å². The van der Waals surface area contributed by atoms with E-state index >= 15 is 0 Å². The van der Waals surface area contributed by atoms with Gasteiger partial charge in [0.15, 0.2) is 0 Å². The van der Waals surface area contributed by atoms with Gasteiger partial charge in [-0.25, -0.2) is 9.97 Å². The van der Waals surface area contributed by atoms with Crippen LogP contribution in [0.5, 0.6) is 0 Å². The molecule has 3 nitrogen and oxygen atoms in total. The van der Waals surface area contributed by atoms with Gasteiger partial charge in [-0.3, -0.25) is 0 Å². The van der Waals surface area contributed by atoms with E-state index in [-0.39, 0.29) is 0 Å². The third-order valence-electron chi connectivity index (χ3n) is 2.93. The van der Waals surface area contributed by atoms with E-state index in [1.165, 1.54) is 0 Å². The Kier molecular flexibility index (Phi) is 4.27. The Balaban J connectivity index is 2.66. The Morgan fingerprint density at radius 3 is 2.53 bits per heavy atom. The molecular weight excluding hydrogens is 281 g/mol. The molecule has 2 aromatic rings. The molecule has 0 spiro atoms. The van der Waals surface area contributed by atoms with E-state index in [9.17, 15) is 0 Å². The second-order valence-corrected chi connectivity index (χ2v) is 5.03. The lowest BCUT2D eigenvalue weighted by molar-refractivity contribution is 0.936. The van der Waals surface area contributed by atoms with Gasteiger partial charge in [0.2, 0.25) is 0 Å². The molecule has 1 heterocycles. The van der Waals surface area contributed by atoms with Crippen LogP contribution in [0.1, 0.15) is 18.3 Å². The molecule has 5 heteroatoms. The summed E-state index contributed by atoms with van der Waals surface area (Å²) in [7, 11) is 1.85. The zero-order valence-electron chi connectivity index (χ0n) is 11.1. The van der Waals surface area contributed by atoms with Crippen LogP contribution in [0.2, 0.25) is 10.0 Å². The SMILES string of the molecule is CCc1nc(NC)c(C)c(-c2ccc(Cl)cc2Cl)n1. The van der Waals surface area contributed by atoms with E-state index in [1.54, 1.807) is 6.07 Å². The van der Waals surface area contributed by atoms with Crippen molar-refractivity contribution in [2.45, 2.75) is 20.3 Å². The van der Waals surface area contributed by atoms with Crippen LogP contribution >= 0.6 is 23.2 Å². The highest BCUT2D eigenvalue weighted by molar-refractivity contribution is 6.36. The summed E-state index contributed by atoms with van der Waals surface area (Å²) in [4.78, 5) is 9.03. The van der Waals surface area contributed by atoms with Crippen molar-refractivity contribution in [1.82, 2.24) is 9.97 Å². The summed E-state index contributed by atoms with van der Waals surface area (Å²) in [5.41, 5.74) is 2.69. The van der Waals surface area contributed by atoms with Crippen molar-refractivity contribution in [3.8, 4) is 11.3 Å². The predicted octanol–water partition coefficient (Wildman–Crippen LogP) is 4.36. The van der Waals surface area contributed by atoms with Crippen LogP contribution in [0, 0.1) is 6.92 Å². The second kappa shape index (κ2) is 5.76. The maximum atomic E-state index is 6.26. The molecule has 1 aromatic carbocycles. The Bertz CT molecular complexity index is 612. The molecule has 0 amide bonds. The van der Waals surface area contributed by atoms with Crippen LogP contribution in [0.25, 0.3) is 11.3 Å². The van der Waals surface area contributed by atoms with E-state index in [2.05, 4.69) is 15.3 Å². The number of aryl methyl sites for hydroxylation is 1. The maximum absolute atomic E-state index is 6.26. The number of rotatable bonds is 3. The molecule has 0 saturated heterocycles. The van der Waals surface area contributed by atoms with Gasteiger partial charge in [-0.05, 0) is 25.1 Å². The number of hydrogen-bond donors (Lipinski definition) is 1. The molecule has 0 saturated carbocycles. The van der Waals surface area contributed by atoms with Gasteiger partial charge in [0, 0.05) is 29.6 Å². The van der Waals surface area contributed by atoms with Gasteiger partial charge in [-0.1, -0.05) is 30.1 Å². The minimum atomic E-state index is 0.596. The van der Waals surface area contributed by atoms with Crippen LogP contribution in [0.15, 0.2) is 18.2 Å². The normalized spacial score (nSPS) is 10.6. The largest absolute Gasteiger partial charge is 0.373 e. The number of nitrogens with zero attached hydrogens (tertiary/aromatic N) is 2. The fraction of sp³-hybridized carbons (Fsp3) is 0.286. The van der Waals surface area contributed by atoms with Gasteiger partial charge < -0.3 is 5.32 Å². The lowest BCUT2D eigenvalue weighted by Crippen LogP contribution is -2.04. The highest BCUT2D eigenvalue weighted by Crippen LogP contribution is 2.33. The summed E-state index contributed by atoms with van der Waals surface area (Å²) >= 11 is 12.2. The number of benzene rings is 1. The molecule has 0 aliphatic carbocycles. The summed E-state index contributed by atoms with van der Waals surface area (Å²) in [6.07, 6.45) is 0.771. The van der Waals surface area contributed by atoms with Crippen LogP contribution in [-0.4, -0.2) is 17.0 Å². The van der Waals surface area contributed by atoms with Crippen molar-refractivity contribution >= 4 is 29.0 Å². The maximum Gasteiger partial charge on any atom is 0.132 e. The summed E-state index contributed by atoms with van der Waals surface area (Å²) in [5, 5.41) is 4.30. The fourth-order valence-electron chi connectivity index (χ4n) is 1.91. The van der Waals surface area contributed by atoms with Crippen molar-refractivity contribution in [3.63, 3.8) is 0 Å². The Labute approximate surface area is 123 Å². The van der Waals surface area contributed by atoms with Gasteiger partial charge in [0.1, 0.15) is 11.6 Å². The van der Waals surface area contributed by atoms with E-state index < -0.39 is 0 Å². The molecule has 2 rings (SSSR count). The molecule has 0 unspecified atom stereocenters. The number of anilines is 1. The molecule has 0 aliphatic rings. The van der Waals surface area contributed by atoms with Gasteiger partial charge in [-0.2, -0.15) is 0 Å². The van der Waals surface area contributed by atoms with Crippen LogP contribution in [0.4, 0.5) is 5.82 Å². The summed E-state index contributed by atoms with van der Waals surface area (Å²) < 4.78 is 0. The number of aromatic nitrogens is 2. The standard InChI is InChI=1S/C14H15Cl2N3/c1-4-12-18-13(8(2)14(17-3)19-12)10-6-5-9(15)7-11(10)16/h5-7H,4H2,1-3H3,(H,17,18,19). The zero-order chi connectivity index (χ0) is 14.0. The molecule has 0 radical (unpaired) electrons. The molecule has 0 atom stereocenters. The highest BCUT2D eigenvalue weighted by atomic mass is 35.5. The lowest BCUT2D eigenvalue weighted by Gasteiger charge is -2.13. The molecule has 0 fully saturated rings. The first-order valence-electron chi connectivity index (χ1n) is 6.07. The predicted molar refractivity (Wildman–Crippen MR) is 81.1 cm³/mol. The lowest BCUT2D eigenvalue weighted by atomic mass is 10.1. The zero-order valence-corrected chi connectivity index (χ0v) is 12.6. The molecule has 0 bridgehead atoms. The Morgan fingerprint density at radius 1 is 1.21 bits per heavy atom. The van der Waals surface area contributed by atoms with Gasteiger partial charge >= 0.3 is 0 Å². The molecular formula is C14H15Cl2N3. The number of nitrogens with one attached hydrogen (secondary N) is 1. The third-order valence-corrected chi connectivity index (χ3v) is 3.48. The van der Waals surface area contributed by atoms with Gasteiger partial charge in [0.05, 0.1) is 10.7 Å². The molecule has 1 aromatic heterocycles. The third kappa shape index (κ3) is 2.82. The van der Waals surface area contributed by atoms with Crippen molar-refractivity contribution < 1.29 is 0 Å². The summed E-state index contributed by atoms with van der Waals surface area (Å²) in [6, 6.07) is 5.43. The number of hydrogen-bond acceptors (Lipinski definition) is 3. The van der Waals surface area contributed by atoms with Gasteiger partial charge in [-0.15, -0.1) is 0 Å². The van der Waals surface area contributed by atoms with Gasteiger partial charge in [0.25, 0.3) is 0 Å². The minimum Gasteiger partial charge on any atom is -0.373 e. The molecule has 19 heavy (non-hydrogen) atoms. The molecule has 100 valence electrons. The molecule has 0 aliphatic heterocycles. The smallest absolute Gasteiger partial charge is 0.132 e. The number of halogens is 2. The van der Waals surface area contributed by atoms with E-state index in [1.807, 2.05) is 33.0 Å². The fourth-order valence-corrected chi connectivity index (χ4v) is 2.41. The Morgan fingerprint density at radius 2 is 1.95 bits per heavy atom. The first kappa shape index (κ1) is 14.1. The minimum absolute atomic E-state index is 0.596. The topological polar surface area (TPSA) is 37.8 Å². The van der Waals surface area contributed by atoms with E-state index in [0.29, 0.717) is 10.0 Å². The monoisotopic (exact) mass is 295 g/mol. The summed E-state index contributed by atoms with van der Waals surface area (Å²) in [5.74, 6) is 1.61. The first-order chi connectivity index (χ1) is 9.06. The van der Waals surface area contributed by atoms with Crippen molar-refractivity contribution in [1.29, 1.82) is 0 Å². The second-order valence-electron chi connectivity index (χ2n) is 4.19. The van der Waals surface area contributed by atoms with E-state index in [0.717, 1.165) is 34.9 Å². The average molecular weight is 296 g/mol. The highest BCUT2D eigenvalue weighted by Gasteiger charge is 2.13. The van der Waals surface area contributed by atoms with Crippen molar-refractivity contribution in [3.05, 3.63) is 39.6 Å². The van der Waals surface area contributed by atoms with Crippen LogP contribution < -0.4 is 5.32 Å². The van der Waals surface area contributed by atoms with Crippen molar-refractivity contribution in [2.75, 3.05) is 12.4 Å². The summed E-state index contributed by atoms with van der Waals surface area (Å²) in [6.45, 7) is 4.00. The first-order valence-corrected chi connectivity index (χ1v) is 6.83. The quantitative estimate of drug-likeness (QED) is 0.914.